The second-order valence-corrected chi connectivity index (χ2v) is 8.95. The Kier molecular flexibility index (Phi) is 6.97. The minimum Gasteiger partial charge on any atom is -0.480 e. The van der Waals surface area contributed by atoms with E-state index in [4.69, 9.17) is 4.74 Å². The van der Waals surface area contributed by atoms with Crippen LogP contribution in [0.1, 0.15) is 24.5 Å². The molecule has 0 aliphatic heterocycles. The summed E-state index contributed by atoms with van der Waals surface area (Å²) in [6, 6.07) is 20.5. The van der Waals surface area contributed by atoms with Gasteiger partial charge in [-0.25, -0.2) is 8.42 Å². The molecule has 0 saturated carbocycles. The molecule has 31 heavy (non-hydrogen) atoms. The minimum atomic E-state index is -3.72. The zero-order chi connectivity index (χ0) is 22.4. The van der Waals surface area contributed by atoms with Crippen LogP contribution in [0.15, 0.2) is 77.7 Å². The van der Waals surface area contributed by atoms with Crippen LogP contribution in [0.25, 0.3) is 0 Å². The molecule has 0 radical (unpaired) electrons. The highest BCUT2D eigenvalue weighted by Crippen LogP contribution is 2.22. The molecule has 162 valence electrons. The highest BCUT2D eigenvalue weighted by atomic mass is 32.2. The third-order valence-corrected chi connectivity index (χ3v) is 6.13. The molecule has 0 unspecified atom stereocenters. The predicted octanol–water partition coefficient (Wildman–Crippen LogP) is 4.90. The summed E-state index contributed by atoms with van der Waals surface area (Å²) in [7, 11) is -3.72. The summed E-state index contributed by atoms with van der Waals surface area (Å²) in [4.78, 5) is 12.8. The van der Waals surface area contributed by atoms with Gasteiger partial charge in [-0.05, 0) is 73.9 Å². The SMILES string of the molecule is CC[C@H](Oc1cc(C)ccc1C)C(=O)Nc1ccc(S(=O)(=O)Nc2ccccc2)cc1. The monoisotopic (exact) mass is 438 g/mol. The van der Waals surface area contributed by atoms with Gasteiger partial charge in [-0.2, -0.15) is 0 Å². The van der Waals surface area contributed by atoms with Gasteiger partial charge in [0.15, 0.2) is 6.10 Å². The lowest BCUT2D eigenvalue weighted by Crippen LogP contribution is -2.32. The Labute approximate surface area is 183 Å². The topological polar surface area (TPSA) is 84.5 Å². The summed E-state index contributed by atoms with van der Waals surface area (Å²) >= 11 is 0. The van der Waals surface area contributed by atoms with E-state index >= 15 is 0 Å². The van der Waals surface area contributed by atoms with Crippen LogP contribution in [0.4, 0.5) is 11.4 Å². The number of benzene rings is 3. The van der Waals surface area contributed by atoms with Crippen molar-refractivity contribution in [2.75, 3.05) is 10.0 Å². The van der Waals surface area contributed by atoms with Crippen molar-refractivity contribution in [3.63, 3.8) is 0 Å². The van der Waals surface area contributed by atoms with Crippen LogP contribution in [0.2, 0.25) is 0 Å². The molecule has 1 atom stereocenters. The van der Waals surface area contributed by atoms with Crippen molar-refractivity contribution in [2.24, 2.45) is 0 Å². The Hall–Kier alpha value is -3.32. The molecule has 0 aliphatic carbocycles. The predicted molar refractivity (Wildman–Crippen MR) is 123 cm³/mol. The van der Waals surface area contributed by atoms with E-state index in [0.29, 0.717) is 23.5 Å². The first-order valence-electron chi connectivity index (χ1n) is 10.0. The fraction of sp³-hybridized carbons (Fsp3) is 0.208. The van der Waals surface area contributed by atoms with Crippen LogP contribution >= 0.6 is 0 Å². The lowest BCUT2D eigenvalue weighted by molar-refractivity contribution is -0.122. The van der Waals surface area contributed by atoms with Gasteiger partial charge >= 0.3 is 0 Å². The fourth-order valence-electron chi connectivity index (χ4n) is 2.97. The molecular formula is C24H26N2O4S. The van der Waals surface area contributed by atoms with Gasteiger partial charge in [0.1, 0.15) is 5.75 Å². The van der Waals surface area contributed by atoms with E-state index in [2.05, 4.69) is 10.0 Å². The number of amides is 1. The molecule has 3 aromatic rings. The lowest BCUT2D eigenvalue weighted by atomic mass is 10.1. The highest BCUT2D eigenvalue weighted by molar-refractivity contribution is 7.92. The molecule has 0 fully saturated rings. The molecule has 2 N–H and O–H groups in total. The van der Waals surface area contributed by atoms with Gasteiger partial charge in [0.2, 0.25) is 0 Å². The number of sulfonamides is 1. The van der Waals surface area contributed by atoms with Crippen LogP contribution in [-0.4, -0.2) is 20.4 Å². The number of nitrogens with one attached hydrogen (secondary N) is 2. The Morgan fingerprint density at radius 3 is 2.26 bits per heavy atom. The number of rotatable bonds is 8. The quantitative estimate of drug-likeness (QED) is 0.524. The molecule has 0 heterocycles. The Morgan fingerprint density at radius 1 is 0.935 bits per heavy atom. The molecular weight excluding hydrogens is 412 g/mol. The van der Waals surface area contributed by atoms with Gasteiger partial charge in [-0.3, -0.25) is 9.52 Å². The van der Waals surface area contributed by atoms with Crippen molar-refractivity contribution in [1.29, 1.82) is 0 Å². The van der Waals surface area contributed by atoms with Crippen molar-refractivity contribution < 1.29 is 17.9 Å². The van der Waals surface area contributed by atoms with Crippen LogP contribution in [0.3, 0.4) is 0 Å². The van der Waals surface area contributed by atoms with E-state index in [9.17, 15) is 13.2 Å². The zero-order valence-corrected chi connectivity index (χ0v) is 18.6. The number of ether oxygens (including phenoxy) is 1. The summed E-state index contributed by atoms with van der Waals surface area (Å²) < 4.78 is 33.5. The molecule has 3 aromatic carbocycles. The molecule has 0 bridgehead atoms. The second-order valence-electron chi connectivity index (χ2n) is 7.27. The van der Waals surface area contributed by atoms with E-state index in [1.165, 1.54) is 12.1 Å². The Balaban J connectivity index is 1.68. The first kappa shape index (κ1) is 22.4. The van der Waals surface area contributed by atoms with Gasteiger partial charge in [-0.15, -0.1) is 0 Å². The maximum absolute atomic E-state index is 12.7. The van der Waals surface area contributed by atoms with Crippen molar-refractivity contribution in [3.8, 4) is 5.75 Å². The van der Waals surface area contributed by atoms with Crippen molar-refractivity contribution in [3.05, 3.63) is 83.9 Å². The molecule has 0 aliphatic rings. The van der Waals surface area contributed by atoms with Crippen molar-refractivity contribution in [1.82, 2.24) is 0 Å². The summed E-state index contributed by atoms with van der Waals surface area (Å²) in [6.07, 6.45) is -0.171. The molecule has 6 nitrogen and oxygen atoms in total. The summed E-state index contributed by atoms with van der Waals surface area (Å²) in [5.74, 6) is 0.386. The highest BCUT2D eigenvalue weighted by Gasteiger charge is 2.20. The molecule has 0 aromatic heterocycles. The maximum atomic E-state index is 12.7. The van der Waals surface area contributed by atoms with E-state index in [-0.39, 0.29) is 10.8 Å². The van der Waals surface area contributed by atoms with E-state index in [1.807, 2.05) is 45.0 Å². The number of aryl methyl sites for hydroxylation is 2. The lowest BCUT2D eigenvalue weighted by Gasteiger charge is -2.19. The van der Waals surface area contributed by atoms with Gasteiger partial charge in [0.25, 0.3) is 15.9 Å². The average Bonchev–Trinajstić information content (AvgIpc) is 2.75. The number of carbonyl (C=O) groups is 1. The van der Waals surface area contributed by atoms with Gasteiger partial charge in [0, 0.05) is 11.4 Å². The van der Waals surface area contributed by atoms with E-state index in [0.717, 1.165) is 11.1 Å². The molecule has 1 amide bonds. The van der Waals surface area contributed by atoms with Crippen LogP contribution in [0.5, 0.6) is 5.75 Å². The van der Waals surface area contributed by atoms with Crippen molar-refractivity contribution in [2.45, 2.75) is 38.2 Å². The van der Waals surface area contributed by atoms with E-state index < -0.39 is 16.1 Å². The van der Waals surface area contributed by atoms with Gasteiger partial charge in [-0.1, -0.05) is 37.3 Å². The number of carbonyl (C=O) groups excluding carboxylic acids is 1. The Bertz CT molecular complexity index is 1140. The smallest absolute Gasteiger partial charge is 0.265 e. The average molecular weight is 439 g/mol. The molecule has 7 heteroatoms. The fourth-order valence-corrected chi connectivity index (χ4v) is 4.03. The van der Waals surface area contributed by atoms with Gasteiger partial charge < -0.3 is 10.1 Å². The molecule has 0 spiro atoms. The number of hydrogen-bond donors (Lipinski definition) is 2. The first-order chi connectivity index (χ1) is 14.8. The maximum Gasteiger partial charge on any atom is 0.265 e. The summed E-state index contributed by atoms with van der Waals surface area (Å²) in [5.41, 5.74) is 2.98. The number of hydrogen-bond acceptors (Lipinski definition) is 4. The normalized spacial score (nSPS) is 12.1. The number of para-hydroxylation sites is 1. The summed E-state index contributed by atoms with van der Waals surface area (Å²) in [6.45, 7) is 5.78. The number of anilines is 2. The second kappa shape index (κ2) is 9.66. The van der Waals surface area contributed by atoms with Gasteiger partial charge in [0.05, 0.1) is 4.90 Å². The first-order valence-corrected chi connectivity index (χ1v) is 11.5. The molecule has 3 rings (SSSR count). The Morgan fingerprint density at radius 2 is 1.61 bits per heavy atom. The van der Waals surface area contributed by atoms with E-state index in [1.54, 1.807) is 36.4 Å². The summed E-state index contributed by atoms with van der Waals surface area (Å²) in [5, 5.41) is 2.80. The molecule has 0 saturated heterocycles. The van der Waals surface area contributed by atoms with Crippen LogP contribution < -0.4 is 14.8 Å². The third-order valence-electron chi connectivity index (χ3n) is 4.73. The van der Waals surface area contributed by atoms with Crippen LogP contribution in [-0.2, 0) is 14.8 Å². The third kappa shape index (κ3) is 5.86. The standard InChI is InChI=1S/C24H26N2O4S/c1-4-22(30-23-16-17(2)10-11-18(23)3)24(27)25-19-12-14-21(15-13-19)31(28,29)26-20-8-6-5-7-9-20/h5-16,22,26H,4H2,1-3H3,(H,25,27)/t22-/m0/s1. The van der Waals surface area contributed by atoms with Crippen LogP contribution in [0, 0.1) is 13.8 Å². The van der Waals surface area contributed by atoms with Crippen molar-refractivity contribution >= 4 is 27.3 Å². The zero-order valence-electron chi connectivity index (χ0n) is 17.8. The minimum absolute atomic E-state index is 0.105. The largest absolute Gasteiger partial charge is 0.480 e.